The second kappa shape index (κ2) is 9.00. The van der Waals surface area contributed by atoms with Crippen LogP contribution in [0.4, 0.5) is 39.5 Å². The monoisotopic (exact) mass is 481 g/mol. The standard InChI is InChI=1S/C21H20F5N7O/c1-11-16(22)18(24)31-19(17(11)23)29-14-8-13(28-20(30-14)33-9-21(25,26)10-33)12-3-6-32(7-4-12)15(34)2-5-27/h8,12H,2-4,6-7,9-10H2,1H3,(H,28,29,30,31). The number of nitriles is 1. The smallest absolute Gasteiger partial charge is 0.282 e. The summed E-state index contributed by atoms with van der Waals surface area (Å²) in [5, 5.41) is 11.2. The molecule has 0 radical (unpaired) electrons. The number of anilines is 3. The molecule has 1 amide bonds. The number of carbonyl (C=O) groups is 1. The maximum absolute atomic E-state index is 14.5. The second-order valence-corrected chi connectivity index (χ2v) is 8.31. The lowest BCUT2D eigenvalue weighted by Gasteiger charge is -2.39. The van der Waals surface area contributed by atoms with Gasteiger partial charge in [0, 0.05) is 30.6 Å². The molecule has 2 aliphatic heterocycles. The predicted molar refractivity (Wildman–Crippen MR) is 110 cm³/mol. The van der Waals surface area contributed by atoms with Gasteiger partial charge in [-0.25, -0.2) is 22.5 Å². The fourth-order valence-electron chi connectivity index (χ4n) is 3.95. The van der Waals surface area contributed by atoms with E-state index in [4.69, 9.17) is 5.26 Å². The molecule has 0 unspecified atom stereocenters. The van der Waals surface area contributed by atoms with Crippen molar-refractivity contribution in [1.82, 2.24) is 19.9 Å². The van der Waals surface area contributed by atoms with Crippen LogP contribution in [0.25, 0.3) is 0 Å². The molecular formula is C21H20F5N7O. The summed E-state index contributed by atoms with van der Waals surface area (Å²) in [6.07, 6.45) is 0.784. The number of hydrogen-bond donors (Lipinski definition) is 1. The van der Waals surface area contributed by atoms with Gasteiger partial charge in [-0.3, -0.25) is 4.79 Å². The molecule has 2 saturated heterocycles. The van der Waals surface area contributed by atoms with Gasteiger partial charge >= 0.3 is 0 Å². The van der Waals surface area contributed by atoms with Gasteiger partial charge in [-0.1, -0.05) is 0 Å². The Balaban J connectivity index is 1.61. The molecule has 2 fully saturated rings. The molecule has 0 bridgehead atoms. The van der Waals surface area contributed by atoms with Gasteiger partial charge in [0.15, 0.2) is 17.5 Å². The van der Waals surface area contributed by atoms with E-state index in [1.165, 1.54) is 11.0 Å². The Labute approximate surface area is 191 Å². The molecule has 2 aromatic rings. The van der Waals surface area contributed by atoms with Crippen molar-refractivity contribution in [3.05, 3.63) is 34.9 Å². The average molecular weight is 481 g/mol. The number of amides is 1. The van der Waals surface area contributed by atoms with Crippen LogP contribution in [0.15, 0.2) is 6.07 Å². The summed E-state index contributed by atoms with van der Waals surface area (Å²) in [5.74, 6) is -7.98. The Morgan fingerprint density at radius 1 is 1.18 bits per heavy atom. The maximum Gasteiger partial charge on any atom is 0.282 e. The molecule has 0 spiro atoms. The quantitative estimate of drug-likeness (QED) is 0.516. The molecule has 2 aliphatic rings. The highest BCUT2D eigenvalue weighted by molar-refractivity contribution is 5.78. The van der Waals surface area contributed by atoms with Crippen LogP contribution in [0.2, 0.25) is 0 Å². The number of rotatable bonds is 5. The van der Waals surface area contributed by atoms with E-state index in [9.17, 15) is 26.7 Å². The molecule has 2 aromatic heterocycles. The number of piperidine rings is 1. The van der Waals surface area contributed by atoms with Gasteiger partial charge in [-0.2, -0.15) is 19.6 Å². The van der Waals surface area contributed by atoms with Crippen molar-refractivity contribution in [3.63, 3.8) is 0 Å². The van der Waals surface area contributed by atoms with Crippen LogP contribution in [0.5, 0.6) is 0 Å². The first kappa shape index (κ1) is 23.6. The number of halogens is 5. The van der Waals surface area contributed by atoms with E-state index in [0.29, 0.717) is 31.6 Å². The topological polar surface area (TPSA) is 98.0 Å². The summed E-state index contributed by atoms with van der Waals surface area (Å²) >= 11 is 0. The Morgan fingerprint density at radius 2 is 1.85 bits per heavy atom. The molecule has 8 nitrogen and oxygen atoms in total. The highest BCUT2D eigenvalue weighted by Crippen LogP contribution is 2.34. The second-order valence-electron chi connectivity index (χ2n) is 8.31. The fourth-order valence-corrected chi connectivity index (χ4v) is 3.95. The molecule has 0 aliphatic carbocycles. The van der Waals surface area contributed by atoms with E-state index in [-0.39, 0.29) is 30.0 Å². The fraction of sp³-hybridized carbons (Fsp3) is 0.476. The molecule has 0 aromatic carbocycles. The van der Waals surface area contributed by atoms with E-state index in [0.717, 1.165) is 6.92 Å². The number of nitrogens with one attached hydrogen (secondary N) is 1. The molecule has 13 heteroatoms. The van der Waals surface area contributed by atoms with Gasteiger partial charge in [-0.15, -0.1) is 0 Å². The van der Waals surface area contributed by atoms with Gasteiger partial charge < -0.3 is 15.1 Å². The lowest BCUT2D eigenvalue weighted by Crippen LogP contribution is -2.57. The van der Waals surface area contributed by atoms with E-state index in [1.807, 2.05) is 6.07 Å². The van der Waals surface area contributed by atoms with E-state index < -0.39 is 48.0 Å². The van der Waals surface area contributed by atoms with Gasteiger partial charge in [0.05, 0.1) is 24.9 Å². The van der Waals surface area contributed by atoms with E-state index >= 15 is 0 Å². The Bertz CT molecular complexity index is 1150. The van der Waals surface area contributed by atoms with Crippen molar-refractivity contribution < 1.29 is 26.7 Å². The molecule has 0 atom stereocenters. The zero-order valence-corrected chi connectivity index (χ0v) is 18.1. The Morgan fingerprint density at radius 3 is 2.47 bits per heavy atom. The molecular weight excluding hydrogens is 461 g/mol. The minimum Gasteiger partial charge on any atom is -0.342 e. The van der Waals surface area contributed by atoms with Gasteiger partial charge in [-0.05, 0) is 19.8 Å². The summed E-state index contributed by atoms with van der Waals surface area (Å²) in [7, 11) is 0. The highest BCUT2D eigenvalue weighted by atomic mass is 19.3. The third kappa shape index (κ3) is 4.71. The molecule has 34 heavy (non-hydrogen) atoms. The third-order valence-corrected chi connectivity index (χ3v) is 5.86. The Hall–Kier alpha value is -3.56. The number of nitrogens with zero attached hydrogens (tertiary/aromatic N) is 6. The molecule has 1 N–H and O–H groups in total. The van der Waals surface area contributed by atoms with Crippen molar-refractivity contribution >= 4 is 23.5 Å². The molecule has 180 valence electrons. The van der Waals surface area contributed by atoms with Crippen molar-refractivity contribution in [1.29, 1.82) is 5.26 Å². The number of carbonyl (C=O) groups excluding carboxylic acids is 1. The maximum atomic E-state index is 14.5. The SMILES string of the molecule is Cc1c(F)c(F)nc(Nc2cc(C3CCN(C(=O)CC#N)CC3)nc(N3CC(F)(F)C3)n2)c1F. The van der Waals surface area contributed by atoms with Crippen LogP contribution in [-0.4, -0.2) is 57.9 Å². The molecule has 0 saturated carbocycles. The molecule has 4 rings (SSSR count). The number of alkyl halides is 2. The van der Waals surface area contributed by atoms with Crippen molar-refractivity contribution in [2.24, 2.45) is 0 Å². The zero-order chi connectivity index (χ0) is 24.6. The summed E-state index contributed by atoms with van der Waals surface area (Å²) in [6, 6.07) is 3.29. The van der Waals surface area contributed by atoms with Crippen molar-refractivity contribution in [2.75, 3.05) is 36.4 Å². The number of likely N-dealkylation sites (tertiary alicyclic amines) is 1. The third-order valence-electron chi connectivity index (χ3n) is 5.86. The normalized spacial score (nSPS) is 17.8. The first-order valence-electron chi connectivity index (χ1n) is 10.5. The van der Waals surface area contributed by atoms with Crippen LogP contribution in [0, 0.1) is 35.8 Å². The summed E-state index contributed by atoms with van der Waals surface area (Å²) in [6.45, 7) is 0.643. The number of pyridine rings is 1. The largest absolute Gasteiger partial charge is 0.342 e. The van der Waals surface area contributed by atoms with Crippen LogP contribution >= 0.6 is 0 Å². The average Bonchev–Trinajstić information content (AvgIpc) is 2.79. The van der Waals surface area contributed by atoms with Crippen LogP contribution in [0.1, 0.15) is 36.4 Å². The van der Waals surface area contributed by atoms with Gasteiger partial charge in [0.25, 0.3) is 11.9 Å². The zero-order valence-electron chi connectivity index (χ0n) is 18.1. The number of aromatic nitrogens is 3. The lowest BCUT2D eigenvalue weighted by atomic mass is 9.93. The van der Waals surface area contributed by atoms with E-state index in [1.54, 1.807) is 4.90 Å². The van der Waals surface area contributed by atoms with Crippen LogP contribution < -0.4 is 10.2 Å². The Kier molecular flexibility index (Phi) is 6.24. The minimum atomic E-state index is -2.88. The minimum absolute atomic E-state index is 0.0185. The number of hydrogen-bond acceptors (Lipinski definition) is 7. The highest BCUT2D eigenvalue weighted by Gasteiger charge is 2.45. The summed E-state index contributed by atoms with van der Waals surface area (Å²) in [5.41, 5.74) is -0.101. The first-order valence-corrected chi connectivity index (χ1v) is 10.5. The van der Waals surface area contributed by atoms with Gasteiger partial charge in [0.2, 0.25) is 11.9 Å². The van der Waals surface area contributed by atoms with Crippen molar-refractivity contribution in [3.8, 4) is 6.07 Å². The first-order chi connectivity index (χ1) is 16.1. The van der Waals surface area contributed by atoms with Crippen molar-refractivity contribution in [2.45, 2.75) is 38.0 Å². The summed E-state index contributed by atoms with van der Waals surface area (Å²) in [4.78, 5) is 26.6. The van der Waals surface area contributed by atoms with Crippen LogP contribution in [0.3, 0.4) is 0 Å². The predicted octanol–water partition coefficient (Wildman–Crippen LogP) is 3.42. The lowest BCUT2D eigenvalue weighted by molar-refractivity contribution is -0.131. The summed E-state index contributed by atoms with van der Waals surface area (Å²) < 4.78 is 68.6. The van der Waals surface area contributed by atoms with E-state index in [2.05, 4.69) is 20.3 Å². The van der Waals surface area contributed by atoms with Gasteiger partial charge in [0.1, 0.15) is 12.2 Å². The molecule has 4 heterocycles. The van der Waals surface area contributed by atoms with Crippen LogP contribution in [-0.2, 0) is 4.79 Å².